The minimum atomic E-state index is 1.11. The van der Waals surface area contributed by atoms with Crippen LogP contribution in [0.25, 0.3) is 219 Å². The van der Waals surface area contributed by atoms with Crippen molar-refractivity contribution in [3.05, 3.63) is 522 Å². The van der Waals surface area contributed by atoms with E-state index in [4.69, 9.17) is 0 Å². The molecule has 0 saturated heterocycles. The Morgan fingerprint density at radius 2 is 0.368 bits per heavy atom. The number of aromatic nitrogens is 2. The lowest BCUT2D eigenvalue weighted by atomic mass is 9.92. The summed E-state index contributed by atoms with van der Waals surface area (Å²) in [4.78, 5) is 4.75. The van der Waals surface area contributed by atoms with Crippen molar-refractivity contribution < 1.29 is 0 Å². The van der Waals surface area contributed by atoms with Crippen LogP contribution in [0, 0.1) is 0 Å². The van der Waals surface area contributed by atoms with Crippen molar-refractivity contribution in [1.29, 1.82) is 0 Å². The third-order valence-corrected chi connectivity index (χ3v) is 28.1. The van der Waals surface area contributed by atoms with Crippen LogP contribution in [0.15, 0.2) is 522 Å². The van der Waals surface area contributed by atoms with E-state index in [-0.39, 0.29) is 0 Å². The molecule has 27 aromatic rings. The van der Waals surface area contributed by atoms with E-state index >= 15 is 0 Å². The summed E-state index contributed by atoms with van der Waals surface area (Å²) >= 11 is 0. The molecule has 0 aliphatic heterocycles. The highest BCUT2D eigenvalue weighted by Crippen LogP contribution is 2.48. The van der Waals surface area contributed by atoms with Crippen LogP contribution in [0.4, 0.5) is 34.1 Å². The van der Waals surface area contributed by atoms with E-state index < -0.39 is 0 Å². The average Bonchev–Trinajstić information content (AvgIpc) is 1.65. The van der Waals surface area contributed by atoms with Gasteiger partial charge in [0.25, 0.3) is 0 Å². The quantitative estimate of drug-likeness (QED) is 0.101. The molecule has 27 rings (SSSR count). The highest BCUT2D eigenvalue weighted by atomic mass is 15.1. The summed E-state index contributed by atoms with van der Waals surface area (Å²) in [5.41, 5.74) is 28.1. The van der Waals surface area contributed by atoms with Gasteiger partial charge in [-0.1, -0.05) is 382 Å². The maximum Gasteiger partial charge on any atom is 0.0541 e. The maximum atomic E-state index is 2.44. The van der Waals surface area contributed by atoms with Crippen LogP contribution in [-0.4, -0.2) is 9.13 Å². The van der Waals surface area contributed by atoms with Crippen LogP contribution in [0.1, 0.15) is 0 Å². The summed E-state index contributed by atoms with van der Waals surface area (Å²) in [5.74, 6) is 0. The van der Waals surface area contributed by atoms with Gasteiger partial charge in [0.1, 0.15) is 0 Å². The Balaban J connectivity index is 0.000000141. The number of anilines is 6. The Hall–Kier alpha value is -18.0. The lowest BCUT2D eigenvalue weighted by molar-refractivity contribution is 1.18. The molecule has 0 bridgehead atoms. The monoisotopic (exact) mass is 1730 g/mol. The van der Waals surface area contributed by atoms with Gasteiger partial charge in [-0.25, -0.2) is 0 Å². The first-order chi connectivity index (χ1) is 67.4. The molecule has 0 spiro atoms. The summed E-state index contributed by atoms with van der Waals surface area (Å²) in [7, 11) is 0. The van der Waals surface area contributed by atoms with Gasteiger partial charge in [-0.2, -0.15) is 0 Å². The molecule has 0 N–H and O–H groups in total. The second-order valence-corrected chi connectivity index (χ2v) is 35.7. The fraction of sp³-hybridized carbons (Fsp3) is 0. The third-order valence-electron chi connectivity index (χ3n) is 28.1. The molecule has 2 aromatic heterocycles. The van der Waals surface area contributed by atoms with Crippen molar-refractivity contribution in [2.24, 2.45) is 0 Å². The van der Waals surface area contributed by atoms with E-state index in [2.05, 4.69) is 541 Å². The molecule has 0 atom stereocenters. The molecular weight excluding hydrogens is 1640 g/mol. The molecule has 0 fully saturated rings. The number of para-hydroxylation sites is 2. The second-order valence-electron chi connectivity index (χ2n) is 35.7. The van der Waals surface area contributed by atoms with E-state index in [0.717, 1.165) is 45.5 Å². The summed E-state index contributed by atoms with van der Waals surface area (Å²) < 4.78 is 4.85. The van der Waals surface area contributed by atoms with Crippen molar-refractivity contribution in [1.82, 2.24) is 9.13 Å². The van der Waals surface area contributed by atoms with Crippen LogP contribution in [0.5, 0.6) is 0 Å². The van der Waals surface area contributed by atoms with Crippen LogP contribution in [0.3, 0.4) is 0 Å². The minimum absolute atomic E-state index is 1.11. The van der Waals surface area contributed by atoms with Gasteiger partial charge in [0.15, 0.2) is 0 Å². The van der Waals surface area contributed by atoms with E-state index in [0.29, 0.717) is 0 Å². The lowest BCUT2D eigenvalue weighted by Crippen LogP contribution is -2.10. The summed E-state index contributed by atoms with van der Waals surface area (Å²) in [6.07, 6.45) is 0. The predicted molar refractivity (Wildman–Crippen MR) is 581 cm³/mol. The van der Waals surface area contributed by atoms with Gasteiger partial charge in [-0.15, -0.1) is 0 Å². The van der Waals surface area contributed by atoms with Gasteiger partial charge in [-0.3, -0.25) is 0 Å². The molecule has 2 heterocycles. The fourth-order valence-corrected chi connectivity index (χ4v) is 21.6. The topological polar surface area (TPSA) is 16.3 Å². The predicted octanol–water partition coefficient (Wildman–Crippen LogP) is 36.9. The third kappa shape index (κ3) is 13.7. The minimum Gasteiger partial charge on any atom is -0.310 e. The zero-order chi connectivity index (χ0) is 89.7. The van der Waals surface area contributed by atoms with Gasteiger partial charge in [-0.05, 0) is 292 Å². The molecule has 634 valence electrons. The molecule has 0 aliphatic rings. The summed E-state index contributed by atoms with van der Waals surface area (Å²) in [5, 5.41) is 27.8. The van der Waals surface area contributed by atoms with Gasteiger partial charge in [0, 0.05) is 66.4 Å². The first kappa shape index (κ1) is 79.0. The lowest BCUT2D eigenvalue weighted by Gasteiger charge is -2.27. The average molecular weight is 1730 g/mol. The molecule has 0 saturated carbocycles. The van der Waals surface area contributed by atoms with Crippen molar-refractivity contribution in [3.63, 3.8) is 0 Å². The smallest absolute Gasteiger partial charge is 0.0541 e. The molecule has 4 nitrogen and oxygen atoms in total. The van der Waals surface area contributed by atoms with Crippen molar-refractivity contribution in [2.75, 3.05) is 9.80 Å². The van der Waals surface area contributed by atoms with Crippen LogP contribution >= 0.6 is 0 Å². The Bertz CT molecular complexity index is 9300. The normalized spacial score (nSPS) is 11.7. The van der Waals surface area contributed by atoms with E-state index in [1.54, 1.807) is 0 Å². The van der Waals surface area contributed by atoms with Crippen LogP contribution in [0.2, 0.25) is 0 Å². The Kier molecular flexibility index (Phi) is 19.3. The molecule has 136 heavy (non-hydrogen) atoms. The van der Waals surface area contributed by atoms with Crippen LogP contribution < -0.4 is 9.80 Å². The molecule has 0 unspecified atom stereocenters. The number of rotatable bonds is 14. The Morgan fingerprint density at radius 1 is 0.125 bits per heavy atom. The number of hydrogen-bond acceptors (Lipinski definition) is 2. The molecule has 0 aliphatic carbocycles. The van der Waals surface area contributed by atoms with Gasteiger partial charge < -0.3 is 18.9 Å². The number of fused-ring (bicyclic) bond motifs is 21. The molecule has 25 aromatic carbocycles. The zero-order valence-electron chi connectivity index (χ0n) is 74.4. The van der Waals surface area contributed by atoms with Crippen LogP contribution in [-0.2, 0) is 0 Å². The van der Waals surface area contributed by atoms with E-state index in [1.807, 2.05) is 0 Å². The standard InChI is InChI=1S/C68H44N2.C64H42N2/c1-2-18-52(19-3-1)69(66-27-13-17-48-15-5-7-21-57(48)66)53-35-28-46(29-36-53)50-33-40-67-64(43-50)65-44-51(56-26-12-16-47-14-4-6-20-55(47)56)34-41-68(65)70(67)54-37-30-45(31-38-54)49-32-39-62-60-24-9-8-22-58(60)59-23-10-11-25-61(59)63(62)42-49;1-2-13-43(14-3-1)44-25-33-50(34-26-44)65(62-24-12-16-47-15-4-5-17-53(47)62)51-35-27-46(28-36-51)49-32-40-64-61(42-49)59-22-10-11-23-63(59)66(64)52-37-29-45(30-38-52)48-31-39-58-56-20-7-6-18-54(56)55-19-8-9-21-57(55)60(58)41-48/h1-44H;1-42H. The van der Waals surface area contributed by atoms with Gasteiger partial charge in [0.05, 0.1) is 33.4 Å². The van der Waals surface area contributed by atoms with Crippen molar-refractivity contribution >= 4 is 175 Å². The first-order valence-electron chi connectivity index (χ1n) is 46.9. The first-order valence-corrected chi connectivity index (χ1v) is 46.9. The number of hydrogen-bond donors (Lipinski definition) is 0. The largest absolute Gasteiger partial charge is 0.310 e. The van der Waals surface area contributed by atoms with Gasteiger partial charge in [0.2, 0.25) is 0 Å². The molecular formula is C132H86N4. The van der Waals surface area contributed by atoms with Crippen molar-refractivity contribution in [3.8, 4) is 78.1 Å². The van der Waals surface area contributed by atoms with Gasteiger partial charge >= 0.3 is 0 Å². The zero-order valence-corrected chi connectivity index (χ0v) is 74.4. The highest BCUT2D eigenvalue weighted by Gasteiger charge is 2.24. The highest BCUT2D eigenvalue weighted by molar-refractivity contribution is 6.27. The molecule has 4 heteroatoms. The molecule has 0 radical (unpaired) electrons. The second kappa shape index (κ2) is 33.1. The molecule has 0 amide bonds. The Morgan fingerprint density at radius 3 is 0.779 bits per heavy atom. The fourth-order valence-electron chi connectivity index (χ4n) is 21.6. The van der Waals surface area contributed by atoms with E-state index in [9.17, 15) is 0 Å². The number of benzene rings is 25. The number of nitrogens with zero attached hydrogens (tertiary/aromatic N) is 4. The summed E-state index contributed by atoms with van der Waals surface area (Å²) in [6, 6.07) is 191. The maximum absolute atomic E-state index is 2.44. The Labute approximate surface area is 787 Å². The van der Waals surface area contributed by atoms with Crippen molar-refractivity contribution in [2.45, 2.75) is 0 Å². The summed E-state index contributed by atoms with van der Waals surface area (Å²) in [6.45, 7) is 0. The SMILES string of the molecule is c1ccc(-c2ccc(N(c3ccc(-c4ccc5c(c4)c4ccccc4n5-c4ccc(-c5ccc6c7ccccc7c7ccccc7c6c5)cc4)cc3)c3cccc4ccccc34)cc2)cc1.c1ccc(N(c2ccc(-c3ccc4c(c3)c3cc(-c5cccc6ccccc56)ccc3n4-c3ccc(-c4ccc5c6ccccc6c6ccccc6c5c4)cc3)cc2)c2cccc3ccccc23)cc1. The van der Waals surface area contributed by atoms with E-state index in [1.165, 1.54) is 207 Å².